The van der Waals surface area contributed by atoms with Gasteiger partial charge in [-0.3, -0.25) is 0 Å². The Morgan fingerprint density at radius 2 is 2.00 bits per heavy atom. The molecule has 0 saturated heterocycles. The molecular weight excluding hydrogens is 361 g/mol. The lowest BCUT2D eigenvalue weighted by atomic mass is 10.1. The Balaban J connectivity index is 2.77. The zero-order chi connectivity index (χ0) is 16.0. The van der Waals surface area contributed by atoms with Gasteiger partial charge in [-0.2, -0.15) is 0 Å². The number of unbranched alkanes of at least 4 members (excludes halogenated alkanes) is 1. The van der Waals surface area contributed by atoms with E-state index in [1.165, 1.54) is 12.1 Å². The first-order chi connectivity index (χ1) is 9.77. The van der Waals surface area contributed by atoms with Gasteiger partial charge in [0.25, 0.3) is 0 Å². The lowest BCUT2D eigenvalue weighted by Crippen LogP contribution is -2.26. The maximum Gasteiger partial charge on any atom is 0.243 e. The van der Waals surface area contributed by atoms with Crippen molar-refractivity contribution in [2.75, 3.05) is 6.54 Å². The normalized spacial score (nSPS) is 12.1. The van der Waals surface area contributed by atoms with E-state index in [1.807, 2.05) is 0 Å². The second-order valence-electron chi connectivity index (χ2n) is 5.32. The van der Waals surface area contributed by atoms with E-state index in [-0.39, 0.29) is 12.1 Å². The molecule has 21 heavy (non-hydrogen) atoms. The summed E-state index contributed by atoms with van der Waals surface area (Å²) in [6.07, 6.45) is 2.66. The van der Waals surface area contributed by atoms with Crippen molar-refractivity contribution in [3.8, 4) is 0 Å². The number of aliphatic hydroxyl groups is 1. The molecule has 0 fully saturated rings. The molecule has 0 atom stereocenters. The van der Waals surface area contributed by atoms with Gasteiger partial charge in [0.1, 0.15) is 10.7 Å². The molecule has 0 saturated carbocycles. The molecule has 0 radical (unpaired) electrons. The topological polar surface area (TPSA) is 66.4 Å². The van der Waals surface area contributed by atoms with Crippen molar-refractivity contribution in [2.45, 2.75) is 44.6 Å². The number of halogens is 2. The second kappa shape index (κ2) is 8.22. The van der Waals surface area contributed by atoms with E-state index in [9.17, 15) is 12.8 Å². The van der Waals surface area contributed by atoms with Crippen LogP contribution in [0.3, 0.4) is 0 Å². The third-order valence-corrected chi connectivity index (χ3v) is 4.96. The molecule has 1 rings (SSSR count). The molecule has 120 valence electrons. The molecule has 7 heteroatoms. The number of hydrogen-bond acceptors (Lipinski definition) is 3. The first-order valence-electron chi connectivity index (χ1n) is 6.86. The highest BCUT2D eigenvalue weighted by Crippen LogP contribution is 2.24. The van der Waals surface area contributed by atoms with Crippen LogP contribution in [-0.2, 0) is 16.6 Å². The zero-order valence-electron chi connectivity index (χ0n) is 12.2. The molecule has 0 unspecified atom stereocenters. The Hall–Kier alpha value is -0.500. The summed E-state index contributed by atoms with van der Waals surface area (Å²) in [7, 11) is -3.91. The number of hydrogen-bond donors (Lipinski definition) is 2. The largest absolute Gasteiger partial charge is 0.392 e. The molecule has 0 aliphatic heterocycles. The lowest BCUT2D eigenvalue weighted by Gasteiger charge is -2.11. The van der Waals surface area contributed by atoms with Gasteiger partial charge in [-0.05, 0) is 24.5 Å². The highest BCUT2D eigenvalue weighted by atomic mass is 79.9. The Bertz CT molecular complexity index is 576. The average molecular weight is 382 g/mol. The molecule has 2 N–H and O–H groups in total. The summed E-state index contributed by atoms with van der Waals surface area (Å²) < 4.78 is 41.1. The Morgan fingerprint density at radius 1 is 1.33 bits per heavy atom. The summed E-state index contributed by atoms with van der Waals surface area (Å²) in [4.78, 5) is -0.440. The predicted octanol–water partition coefficient (Wildman–Crippen LogP) is 3.19. The van der Waals surface area contributed by atoms with Crippen LogP contribution in [-0.4, -0.2) is 20.1 Å². The zero-order valence-corrected chi connectivity index (χ0v) is 14.6. The molecular formula is C14H21BrFNO3S. The molecule has 0 aliphatic rings. The van der Waals surface area contributed by atoms with E-state index < -0.39 is 27.3 Å². The molecule has 0 aliphatic carbocycles. The van der Waals surface area contributed by atoms with Crippen LogP contribution in [0.15, 0.2) is 21.5 Å². The second-order valence-corrected chi connectivity index (χ2v) is 7.97. The number of nitrogens with one attached hydrogen (secondary N) is 1. The maximum absolute atomic E-state index is 14.0. The number of benzene rings is 1. The number of sulfonamides is 1. The van der Waals surface area contributed by atoms with Crippen LogP contribution >= 0.6 is 15.9 Å². The standard InChI is InChI=1S/C14H21BrFNO3S/c1-10(2)5-3-4-6-17-21(19,20)13-8-12(15)7-11(9-18)14(13)16/h7-8,10,17-18H,3-6,9H2,1-2H3. The van der Waals surface area contributed by atoms with E-state index in [4.69, 9.17) is 5.11 Å². The summed E-state index contributed by atoms with van der Waals surface area (Å²) in [5, 5.41) is 9.05. The minimum atomic E-state index is -3.91. The van der Waals surface area contributed by atoms with Gasteiger partial charge in [-0.1, -0.05) is 42.6 Å². The van der Waals surface area contributed by atoms with Crippen LogP contribution in [0.4, 0.5) is 4.39 Å². The van der Waals surface area contributed by atoms with Gasteiger partial charge in [0.2, 0.25) is 10.0 Å². The molecule has 1 aromatic carbocycles. The molecule has 4 nitrogen and oxygen atoms in total. The number of rotatable bonds is 8. The summed E-state index contributed by atoms with van der Waals surface area (Å²) in [5.74, 6) is -0.327. The van der Waals surface area contributed by atoms with Crippen molar-refractivity contribution in [2.24, 2.45) is 5.92 Å². The van der Waals surface area contributed by atoms with Crippen molar-refractivity contribution in [1.82, 2.24) is 4.72 Å². The van der Waals surface area contributed by atoms with Crippen molar-refractivity contribution in [3.63, 3.8) is 0 Å². The van der Waals surface area contributed by atoms with Crippen molar-refractivity contribution >= 4 is 26.0 Å². The summed E-state index contributed by atoms with van der Waals surface area (Å²) in [5.41, 5.74) is -0.0513. The molecule has 0 spiro atoms. The van der Waals surface area contributed by atoms with Gasteiger partial charge in [0.05, 0.1) is 6.61 Å². The Labute approximate surface area is 133 Å². The fourth-order valence-electron chi connectivity index (χ4n) is 1.89. The van der Waals surface area contributed by atoms with Crippen LogP contribution in [0.25, 0.3) is 0 Å². The Kier molecular flexibility index (Phi) is 7.26. The van der Waals surface area contributed by atoms with Crippen LogP contribution in [0, 0.1) is 11.7 Å². The molecule has 0 amide bonds. The monoisotopic (exact) mass is 381 g/mol. The van der Waals surface area contributed by atoms with Crippen LogP contribution in [0.1, 0.15) is 38.7 Å². The van der Waals surface area contributed by atoms with E-state index in [0.717, 1.165) is 12.8 Å². The van der Waals surface area contributed by atoms with Crippen molar-refractivity contribution < 1.29 is 17.9 Å². The van der Waals surface area contributed by atoms with Gasteiger partial charge < -0.3 is 5.11 Å². The maximum atomic E-state index is 14.0. The molecule has 0 aromatic heterocycles. The van der Waals surface area contributed by atoms with E-state index >= 15 is 0 Å². The third-order valence-electron chi connectivity index (χ3n) is 3.04. The summed E-state index contributed by atoms with van der Waals surface area (Å²) >= 11 is 3.12. The van der Waals surface area contributed by atoms with Crippen LogP contribution < -0.4 is 4.72 Å². The average Bonchev–Trinajstić information content (AvgIpc) is 2.40. The Morgan fingerprint density at radius 3 is 2.57 bits per heavy atom. The lowest BCUT2D eigenvalue weighted by molar-refractivity contribution is 0.274. The molecule has 0 heterocycles. The molecule has 0 bridgehead atoms. The highest BCUT2D eigenvalue weighted by molar-refractivity contribution is 9.10. The smallest absolute Gasteiger partial charge is 0.243 e. The minimum absolute atomic E-state index is 0.0513. The van der Waals surface area contributed by atoms with Crippen LogP contribution in [0.5, 0.6) is 0 Å². The fourth-order valence-corrected chi connectivity index (χ4v) is 3.77. The van der Waals surface area contributed by atoms with E-state index in [1.54, 1.807) is 0 Å². The van der Waals surface area contributed by atoms with E-state index in [2.05, 4.69) is 34.5 Å². The summed E-state index contributed by atoms with van der Waals surface area (Å²) in [6.45, 7) is 3.94. The van der Waals surface area contributed by atoms with E-state index in [0.29, 0.717) is 16.8 Å². The third kappa shape index (κ3) is 5.65. The van der Waals surface area contributed by atoms with Gasteiger partial charge in [0.15, 0.2) is 0 Å². The SMILES string of the molecule is CC(C)CCCCNS(=O)(=O)c1cc(Br)cc(CO)c1F. The minimum Gasteiger partial charge on any atom is -0.392 e. The fraction of sp³-hybridized carbons (Fsp3) is 0.571. The van der Waals surface area contributed by atoms with Crippen molar-refractivity contribution in [1.29, 1.82) is 0 Å². The van der Waals surface area contributed by atoms with Gasteiger partial charge >= 0.3 is 0 Å². The predicted molar refractivity (Wildman–Crippen MR) is 83.9 cm³/mol. The van der Waals surface area contributed by atoms with Gasteiger partial charge in [0, 0.05) is 16.6 Å². The van der Waals surface area contributed by atoms with Crippen molar-refractivity contribution in [3.05, 3.63) is 28.0 Å². The highest BCUT2D eigenvalue weighted by Gasteiger charge is 2.21. The van der Waals surface area contributed by atoms with Crippen LogP contribution in [0.2, 0.25) is 0 Å². The summed E-state index contributed by atoms with van der Waals surface area (Å²) in [6, 6.07) is 2.56. The first kappa shape index (κ1) is 18.5. The number of aliphatic hydroxyl groups excluding tert-OH is 1. The first-order valence-corrected chi connectivity index (χ1v) is 9.14. The van der Waals surface area contributed by atoms with Gasteiger partial charge in [-0.25, -0.2) is 17.5 Å². The molecule has 1 aromatic rings. The van der Waals surface area contributed by atoms with Gasteiger partial charge in [-0.15, -0.1) is 0 Å². The quantitative estimate of drug-likeness (QED) is 0.679.